The summed E-state index contributed by atoms with van der Waals surface area (Å²) in [7, 11) is 0. The minimum absolute atomic E-state index is 0.592. The van der Waals surface area contributed by atoms with Gasteiger partial charge in [-0.15, -0.1) is 0 Å². The van der Waals surface area contributed by atoms with Crippen molar-refractivity contribution in [2.45, 2.75) is 77.3 Å². The molecular weight excluding hydrogens is 170 g/mol. The molecule has 0 spiro atoms. The normalized spacial score (nSPS) is 33.4. The second-order valence-corrected chi connectivity index (χ2v) is 6.11. The van der Waals surface area contributed by atoms with Gasteiger partial charge in [0.05, 0.1) is 0 Å². The van der Waals surface area contributed by atoms with E-state index in [1.165, 1.54) is 51.4 Å². The van der Waals surface area contributed by atoms with E-state index < -0.39 is 0 Å². The average Bonchev–Trinajstić information content (AvgIpc) is 2.54. The Hall–Kier alpha value is -0.0400. The Morgan fingerprint density at radius 1 is 0.929 bits per heavy atom. The van der Waals surface area contributed by atoms with Gasteiger partial charge in [-0.1, -0.05) is 33.1 Å². The highest BCUT2D eigenvalue weighted by atomic mass is 15.0. The highest BCUT2D eigenvalue weighted by molar-refractivity contribution is 4.86. The van der Waals surface area contributed by atoms with Crippen molar-refractivity contribution in [2.24, 2.45) is 5.41 Å². The average molecular weight is 195 g/mol. The van der Waals surface area contributed by atoms with Gasteiger partial charge in [0.1, 0.15) is 0 Å². The SMILES string of the molecule is CC1(C)CCC[C@@H](NC2CCCC2)C1. The maximum Gasteiger partial charge on any atom is 0.00747 e. The van der Waals surface area contributed by atoms with Gasteiger partial charge >= 0.3 is 0 Å². The van der Waals surface area contributed by atoms with E-state index in [9.17, 15) is 0 Å². The fraction of sp³-hybridized carbons (Fsp3) is 1.00. The zero-order chi connectivity index (χ0) is 10.0. The zero-order valence-electron chi connectivity index (χ0n) is 9.81. The molecule has 1 atom stereocenters. The van der Waals surface area contributed by atoms with E-state index in [0.29, 0.717) is 5.41 Å². The predicted octanol–water partition coefficient (Wildman–Crippen LogP) is 3.49. The fourth-order valence-electron chi connectivity index (χ4n) is 3.27. The predicted molar refractivity (Wildman–Crippen MR) is 61.4 cm³/mol. The van der Waals surface area contributed by atoms with E-state index in [-0.39, 0.29) is 0 Å². The molecule has 0 aliphatic heterocycles. The zero-order valence-corrected chi connectivity index (χ0v) is 9.81. The van der Waals surface area contributed by atoms with Gasteiger partial charge in [0.15, 0.2) is 0 Å². The van der Waals surface area contributed by atoms with Crippen LogP contribution in [0.4, 0.5) is 0 Å². The molecule has 1 heteroatoms. The van der Waals surface area contributed by atoms with Gasteiger partial charge in [-0.2, -0.15) is 0 Å². The molecule has 2 saturated carbocycles. The van der Waals surface area contributed by atoms with Crippen molar-refractivity contribution in [3.05, 3.63) is 0 Å². The van der Waals surface area contributed by atoms with Gasteiger partial charge in [0.25, 0.3) is 0 Å². The smallest absolute Gasteiger partial charge is 0.00747 e. The van der Waals surface area contributed by atoms with Crippen molar-refractivity contribution in [3.8, 4) is 0 Å². The Morgan fingerprint density at radius 2 is 1.57 bits per heavy atom. The third-order valence-electron chi connectivity index (χ3n) is 4.03. The number of rotatable bonds is 2. The monoisotopic (exact) mass is 195 g/mol. The molecule has 0 unspecified atom stereocenters. The van der Waals surface area contributed by atoms with Crippen LogP contribution in [-0.4, -0.2) is 12.1 Å². The first-order valence-corrected chi connectivity index (χ1v) is 6.42. The Morgan fingerprint density at radius 3 is 2.21 bits per heavy atom. The summed E-state index contributed by atoms with van der Waals surface area (Å²) in [5.74, 6) is 0. The number of hydrogen-bond acceptors (Lipinski definition) is 1. The number of hydrogen-bond donors (Lipinski definition) is 1. The molecule has 2 fully saturated rings. The van der Waals surface area contributed by atoms with Crippen molar-refractivity contribution in [2.75, 3.05) is 0 Å². The summed E-state index contributed by atoms with van der Waals surface area (Å²) in [6.45, 7) is 4.85. The Kier molecular flexibility index (Phi) is 3.16. The Labute approximate surface area is 88.7 Å². The van der Waals surface area contributed by atoms with Crippen molar-refractivity contribution in [1.29, 1.82) is 0 Å². The molecule has 0 aromatic carbocycles. The molecule has 1 nitrogen and oxygen atoms in total. The molecule has 82 valence electrons. The van der Waals surface area contributed by atoms with Crippen LogP contribution in [0.3, 0.4) is 0 Å². The van der Waals surface area contributed by atoms with Gasteiger partial charge in [-0.25, -0.2) is 0 Å². The lowest BCUT2D eigenvalue weighted by molar-refractivity contribution is 0.189. The summed E-state index contributed by atoms with van der Waals surface area (Å²) in [5.41, 5.74) is 0.592. The van der Waals surface area contributed by atoms with Crippen LogP contribution in [-0.2, 0) is 0 Å². The maximum atomic E-state index is 3.87. The minimum Gasteiger partial charge on any atom is -0.311 e. The molecule has 0 radical (unpaired) electrons. The molecule has 14 heavy (non-hydrogen) atoms. The van der Waals surface area contributed by atoms with Crippen LogP contribution in [0.1, 0.15) is 65.2 Å². The first kappa shape index (κ1) is 10.5. The summed E-state index contributed by atoms with van der Waals surface area (Å²) < 4.78 is 0. The molecule has 0 aromatic heterocycles. The van der Waals surface area contributed by atoms with Crippen LogP contribution in [0.25, 0.3) is 0 Å². The lowest BCUT2D eigenvalue weighted by Gasteiger charge is -2.37. The Balaban J connectivity index is 1.79. The summed E-state index contributed by atoms with van der Waals surface area (Å²) in [6, 6.07) is 1.68. The lowest BCUT2D eigenvalue weighted by Crippen LogP contribution is -2.41. The van der Waals surface area contributed by atoms with E-state index in [0.717, 1.165) is 12.1 Å². The molecule has 0 bridgehead atoms. The summed E-state index contributed by atoms with van der Waals surface area (Å²) >= 11 is 0. The molecule has 2 rings (SSSR count). The van der Waals surface area contributed by atoms with Crippen molar-refractivity contribution in [1.82, 2.24) is 5.32 Å². The third-order valence-corrected chi connectivity index (χ3v) is 4.03. The van der Waals surface area contributed by atoms with E-state index in [2.05, 4.69) is 19.2 Å². The lowest BCUT2D eigenvalue weighted by atomic mass is 9.75. The largest absolute Gasteiger partial charge is 0.311 e. The summed E-state index contributed by atoms with van der Waals surface area (Å²) in [5, 5.41) is 3.87. The summed E-state index contributed by atoms with van der Waals surface area (Å²) in [4.78, 5) is 0. The van der Waals surface area contributed by atoms with Gasteiger partial charge < -0.3 is 5.32 Å². The van der Waals surface area contributed by atoms with Crippen molar-refractivity contribution in [3.63, 3.8) is 0 Å². The highest BCUT2D eigenvalue weighted by Crippen LogP contribution is 2.35. The van der Waals surface area contributed by atoms with Crippen LogP contribution < -0.4 is 5.32 Å². The fourth-order valence-corrected chi connectivity index (χ4v) is 3.27. The standard InChI is InChI=1S/C13H25N/c1-13(2)9-5-8-12(10-13)14-11-6-3-4-7-11/h11-12,14H,3-10H2,1-2H3/t12-/m1/s1. The Bertz CT molecular complexity index is 180. The van der Waals surface area contributed by atoms with Gasteiger partial charge in [0.2, 0.25) is 0 Å². The van der Waals surface area contributed by atoms with Crippen molar-refractivity contribution >= 4 is 0 Å². The molecule has 0 heterocycles. The molecule has 2 aliphatic rings. The highest BCUT2D eigenvalue weighted by Gasteiger charge is 2.29. The van der Waals surface area contributed by atoms with E-state index in [1.54, 1.807) is 0 Å². The van der Waals surface area contributed by atoms with Crippen LogP contribution in [0.15, 0.2) is 0 Å². The van der Waals surface area contributed by atoms with Gasteiger partial charge in [-0.05, 0) is 37.5 Å². The first-order chi connectivity index (χ1) is 6.66. The van der Waals surface area contributed by atoms with Crippen molar-refractivity contribution < 1.29 is 0 Å². The molecule has 0 aromatic rings. The third kappa shape index (κ3) is 2.73. The topological polar surface area (TPSA) is 12.0 Å². The van der Waals surface area contributed by atoms with Crippen LogP contribution in [0, 0.1) is 5.41 Å². The maximum absolute atomic E-state index is 3.87. The van der Waals surface area contributed by atoms with Crippen LogP contribution in [0.2, 0.25) is 0 Å². The van der Waals surface area contributed by atoms with E-state index >= 15 is 0 Å². The molecule has 0 saturated heterocycles. The first-order valence-electron chi connectivity index (χ1n) is 6.42. The van der Waals surface area contributed by atoms with Gasteiger partial charge in [-0.3, -0.25) is 0 Å². The van der Waals surface area contributed by atoms with E-state index in [1.807, 2.05) is 0 Å². The second-order valence-electron chi connectivity index (χ2n) is 6.11. The molecular formula is C13H25N. The molecule has 0 amide bonds. The quantitative estimate of drug-likeness (QED) is 0.711. The minimum atomic E-state index is 0.592. The second kappa shape index (κ2) is 4.22. The molecule has 2 aliphatic carbocycles. The molecule has 1 N–H and O–H groups in total. The number of nitrogens with one attached hydrogen (secondary N) is 1. The van der Waals surface area contributed by atoms with E-state index in [4.69, 9.17) is 0 Å². The summed E-state index contributed by atoms with van der Waals surface area (Å²) in [6.07, 6.45) is 11.4. The van der Waals surface area contributed by atoms with Crippen LogP contribution >= 0.6 is 0 Å². The van der Waals surface area contributed by atoms with Gasteiger partial charge in [0, 0.05) is 12.1 Å². The van der Waals surface area contributed by atoms with Crippen LogP contribution in [0.5, 0.6) is 0 Å².